The van der Waals surface area contributed by atoms with Gasteiger partial charge in [-0.3, -0.25) is 9.36 Å². The second-order valence-corrected chi connectivity index (χ2v) is 7.78. The zero-order chi connectivity index (χ0) is 21.5. The minimum Gasteiger partial charge on any atom is -0.272 e. The lowest BCUT2D eigenvalue weighted by Gasteiger charge is -2.10. The van der Waals surface area contributed by atoms with E-state index in [9.17, 15) is 4.79 Å². The highest BCUT2D eigenvalue weighted by atomic mass is 32.2. The van der Waals surface area contributed by atoms with E-state index in [2.05, 4.69) is 20.7 Å². The summed E-state index contributed by atoms with van der Waals surface area (Å²) in [6, 6.07) is 27.6. The van der Waals surface area contributed by atoms with Crippen molar-refractivity contribution in [3.63, 3.8) is 0 Å². The third-order valence-electron chi connectivity index (χ3n) is 4.49. The number of nitrogens with zero attached hydrogens (tertiary/aromatic N) is 4. The van der Waals surface area contributed by atoms with Gasteiger partial charge in [0.25, 0.3) is 5.91 Å². The SMILES string of the molecule is Cc1ccc(C=NNC(=O)CSc2nnc(-c3ccccc3)n2-c2ccccc2)cc1. The molecular formula is C24H21N5OS. The lowest BCUT2D eigenvalue weighted by molar-refractivity contribution is -0.118. The largest absolute Gasteiger partial charge is 0.272 e. The predicted molar refractivity (Wildman–Crippen MR) is 124 cm³/mol. The number of hydrazone groups is 1. The summed E-state index contributed by atoms with van der Waals surface area (Å²) in [6.07, 6.45) is 1.63. The number of aryl methyl sites for hydroxylation is 1. The minimum absolute atomic E-state index is 0.172. The standard InChI is InChI=1S/C24H21N5OS/c1-18-12-14-19(15-13-18)16-25-26-22(30)17-31-24-28-27-23(20-8-4-2-5-9-20)29(24)21-10-6-3-7-11-21/h2-16H,17H2,1H3,(H,26,30). The number of thioether (sulfide) groups is 1. The summed E-state index contributed by atoms with van der Waals surface area (Å²) in [5, 5.41) is 13.4. The zero-order valence-electron chi connectivity index (χ0n) is 17.0. The number of benzene rings is 3. The molecule has 6 nitrogen and oxygen atoms in total. The van der Waals surface area contributed by atoms with Crippen molar-refractivity contribution in [2.24, 2.45) is 5.10 Å². The van der Waals surface area contributed by atoms with Crippen LogP contribution in [0.1, 0.15) is 11.1 Å². The van der Waals surface area contributed by atoms with Gasteiger partial charge in [0.15, 0.2) is 11.0 Å². The van der Waals surface area contributed by atoms with Gasteiger partial charge in [0, 0.05) is 11.3 Å². The predicted octanol–water partition coefficient (Wildman–Crippen LogP) is 4.49. The van der Waals surface area contributed by atoms with Gasteiger partial charge in [-0.2, -0.15) is 5.10 Å². The highest BCUT2D eigenvalue weighted by Crippen LogP contribution is 2.27. The number of carbonyl (C=O) groups excluding carboxylic acids is 1. The van der Waals surface area contributed by atoms with E-state index in [4.69, 9.17) is 0 Å². The Morgan fingerprint density at radius 2 is 1.65 bits per heavy atom. The van der Waals surface area contributed by atoms with Crippen LogP contribution in [0.4, 0.5) is 0 Å². The summed E-state index contributed by atoms with van der Waals surface area (Å²) in [4.78, 5) is 12.3. The van der Waals surface area contributed by atoms with Crippen molar-refractivity contribution < 1.29 is 4.79 Å². The van der Waals surface area contributed by atoms with Crippen molar-refractivity contribution in [1.29, 1.82) is 0 Å². The Balaban J connectivity index is 1.47. The molecule has 1 amide bonds. The van der Waals surface area contributed by atoms with E-state index in [1.54, 1.807) is 6.21 Å². The van der Waals surface area contributed by atoms with Crippen LogP contribution in [-0.2, 0) is 4.79 Å². The maximum atomic E-state index is 12.3. The van der Waals surface area contributed by atoms with E-state index in [1.165, 1.54) is 17.3 Å². The van der Waals surface area contributed by atoms with Crippen LogP contribution in [0, 0.1) is 6.92 Å². The highest BCUT2D eigenvalue weighted by molar-refractivity contribution is 7.99. The van der Waals surface area contributed by atoms with E-state index >= 15 is 0 Å². The average molecular weight is 428 g/mol. The first kappa shape index (κ1) is 20.6. The van der Waals surface area contributed by atoms with Crippen molar-refractivity contribution >= 4 is 23.9 Å². The first-order valence-corrected chi connectivity index (χ1v) is 10.8. The second-order valence-electron chi connectivity index (χ2n) is 6.84. The topological polar surface area (TPSA) is 72.2 Å². The first-order chi connectivity index (χ1) is 15.2. The molecule has 0 unspecified atom stereocenters. The molecule has 0 bridgehead atoms. The summed E-state index contributed by atoms with van der Waals surface area (Å²) < 4.78 is 1.96. The van der Waals surface area contributed by atoms with Crippen LogP contribution in [-0.4, -0.2) is 32.6 Å². The number of para-hydroxylation sites is 1. The number of nitrogens with one attached hydrogen (secondary N) is 1. The normalized spacial score (nSPS) is 11.0. The molecule has 0 aliphatic carbocycles. The molecule has 0 spiro atoms. The van der Waals surface area contributed by atoms with Crippen LogP contribution < -0.4 is 5.43 Å². The van der Waals surface area contributed by atoms with Crippen LogP contribution in [0.3, 0.4) is 0 Å². The third kappa shape index (κ3) is 5.26. The van der Waals surface area contributed by atoms with Crippen molar-refractivity contribution in [2.45, 2.75) is 12.1 Å². The van der Waals surface area contributed by atoms with Gasteiger partial charge in [-0.25, -0.2) is 5.43 Å². The fourth-order valence-corrected chi connectivity index (χ4v) is 3.69. The van der Waals surface area contributed by atoms with Gasteiger partial charge in [-0.15, -0.1) is 10.2 Å². The van der Waals surface area contributed by atoms with Crippen LogP contribution in [0.15, 0.2) is 95.2 Å². The third-order valence-corrected chi connectivity index (χ3v) is 5.42. The molecule has 154 valence electrons. The molecular weight excluding hydrogens is 406 g/mol. The Morgan fingerprint density at radius 1 is 0.968 bits per heavy atom. The molecule has 0 aliphatic rings. The molecule has 1 N–H and O–H groups in total. The summed E-state index contributed by atoms with van der Waals surface area (Å²) in [6.45, 7) is 2.03. The molecule has 1 heterocycles. The van der Waals surface area contributed by atoms with E-state index in [0.29, 0.717) is 5.16 Å². The molecule has 4 rings (SSSR count). The molecule has 0 radical (unpaired) electrons. The molecule has 4 aromatic rings. The number of hydrogen-bond acceptors (Lipinski definition) is 5. The van der Waals surface area contributed by atoms with Crippen LogP contribution >= 0.6 is 11.8 Å². The number of carbonyl (C=O) groups is 1. The molecule has 31 heavy (non-hydrogen) atoms. The molecule has 0 saturated carbocycles. The minimum atomic E-state index is -0.211. The van der Waals surface area contributed by atoms with Gasteiger partial charge in [-0.05, 0) is 24.6 Å². The summed E-state index contributed by atoms with van der Waals surface area (Å²) in [7, 11) is 0. The fraction of sp³-hybridized carbons (Fsp3) is 0.0833. The Bertz CT molecular complexity index is 1170. The monoisotopic (exact) mass is 427 g/mol. The van der Waals surface area contributed by atoms with Gasteiger partial charge in [0.1, 0.15) is 0 Å². The zero-order valence-corrected chi connectivity index (χ0v) is 17.8. The van der Waals surface area contributed by atoms with E-state index in [0.717, 1.165) is 22.6 Å². The summed E-state index contributed by atoms with van der Waals surface area (Å²) in [5.41, 5.74) is 6.56. The molecule has 0 fully saturated rings. The number of hydrogen-bond donors (Lipinski definition) is 1. The second kappa shape index (κ2) is 9.86. The van der Waals surface area contributed by atoms with Crippen molar-refractivity contribution in [3.8, 4) is 17.1 Å². The molecule has 7 heteroatoms. The van der Waals surface area contributed by atoms with Crippen LogP contribution in [0.25, 0.3) is 17.1 Å². The number of rotatable bonds is 7. The van der Waals surface area contributed by atoms with E-state index < -0.39 is 0 Å². The number of amides is 1. The fourth-order valence-electron chi connectivity index (χ4n) is 2.94. The van der Waals surface area contributed by atoms with E-state index in [-0.39, 0.29) is 11.7 Å². The van der Waals surface area contributed by atoms with Crippen molar-refractivity contribution in [3.05, 3.63) is 96.1 Å². The van der Waals surface area contributed by atoms with Crippen LogP contribution in [0.5, 0.6) is 0 Å². The van der Waals surface area contributed by atoms with Crippen molar-refractivity contribution in [1.82, 2.24) is 20.2 Å². The average Bonchev–Trinajstić information content (AvgIpc) is 3.24. The Hall–Kier alpha value is -3.71. The van der Waals surface area contributed by atoms with Gasteiger partial charge in [0.2, 0.25) is 0 Å². The lowest BCUT2D eigenvalue weighted by atomic mass is 10.2. The molecule has 0 aliphatic heterocycles. The molecule has 0 saturated heterocycles. The number of aromatic nitrogens is 3. The maximum Gasteiger partial charge on any atom is 0.250 e. The maximum absolute atomic E-state index is 12.3. The van der Waals surface area contributed by atoms with Gasteiger partial charge < -0.3 is 0 Å². The first-order valence-electron chi connectivity index (χ1n) is 9.78. The van der Waals surface area contributed by atoms with Gasteiger partial charge in [-0.1, -0.05) is 90.1 Å². The van der Waals surface area contributed by atoms with Gasteiger partial charge in [0.05, 0.1) is 12.0 Å². The highest BCUT2D eigenvalue weighted by Gasteiger charge is 2.16. The van der Waals surface area contributed by atoms with Crippen LogP contribution in [0.2, 0.25) is 0 Å². The molecule has 3 aromatic carbocycles. The summed E-state index contributed by atoms with van der Waals surface area (Å²) >= 11 is 1.32. The summed E-state index contributed by atoms with van der Waals surface area (Å²) in [5.74, 6) is 0.690. The molecule has 1 aromatic heterocycles. The Labute approximate surface area is 185 Å². The van der Waals surface area contributed by atoms with Crippen molar-refractivity contribution in [2.75, 3.05) is 5.75 Å². The Kier molecular flexibility index (Phi) is 6.54. The molecule has 0 atom stereocenters. The lowest BCUT2D eigenvalue weighted by Crippen LogP contribution is -2.20. The van der Waals surface area contributed by atoms with E-state index in [1.807, 2.05) is 96.4 Å². The smallest absolute Gasteiger partial charge is 0.250 e. The Morgan fingerprint density at radius 3 is 2.35 bits per heavy atom. The quantitative estimate of drug-likeness (QED) is 0.268. The van der Waals surface area contributed by atoms with Gasteiger partial charge >= 0.3 is 0 Å².